The summed E-state index contributed by atoms with van der Waals surface area (Å²) >= 11 is 0. The first-order valence-corrected chi connectivity index (χ1v) is 10.1. The molecule has 1 atom stereocenters. The van der Waals surface area contributed by atoms with Gasteiger partial charge in [0.25, 0.3) is 5.91 Å². The second-order valence-electron chi connectivity index (χ2n) is 8.38. The average Bonchev–Trinajstić information content (AvgIpc) is 3.29. The summed E-state index contributed by atoms with van der Waals surface area (Å²) in [6, 6.07) is 10.0. The molecule has 2 aliphatic heterocycles. The van der Waals surface area contributed by atoms with Crippen molar-refractivity contribution >= 4 is 11.8 Å². The first-order valence-electron chi connectivity index (χ1n) is 10.1. The summed E-state index contributed by atoms with van der Waals surface area (Å²) in [5.74, 6) is 0.838. The minimum atomic E-state index is -0.412. The predicted molar refractivity (Wildman–Crippen MR) is 108 cm³/mol. The van der Waals surface area contributed by atoms with Crippen molar-refractivity contribution in [2.75, 3.05) is 19.6 Å². The molecular formula is C22H28N4O2. The third-order valence-corrected chi connectivity index (χ3v) is 6.17. The Morgan fingerprint density at radius 2 is 1.93 bits per heavy atom. The molecule has 3 heterocycles. The van der Waals surface area contributed by atoms with E-state index in [0.29, 0.717) is 24.6 Å². The summed E-state index contributed by atoms with van der Waals surface area (Å²) < 4.78 is 0. The highest BCUT2D eigenvalue weighted by atomic mass is 16.2. The second kappa shape index (κ2) is 7.08. The van der Waals surface area contributed by atoms with Gasteiger partial charge < -0.3 is 14.8 Å². The van der Waals surface area contributed by atoms with Crippen LogP contribution >= 0.6 is 0 Å². The average molecular weight is 380 g/mol. The minimum absolute atomic E-state index is 0.0812. The van der Waals surface area contributed by atoms with Gasteiger partial charge in [-0.15, -0.1) is 0 Å². The van der Waals surface area contributed by atoms with Crippen LogP contribution in [0, 0.1) is 12.3 Å². The molecule has 1 N–H and O–H groups in total. The molecule has 0 radical (unpaired) electrons. The molecule has 4 rings (SSSR count). The highest BCUT2D eigenvalue weighted by Crippen LogP contribution is 2.41. The number of piperidine rings is 1. The number of hydrogen-bond acceptors (Lipinski definition) is 3. The second-order valence-corrected chi connectivity index (χ2v) is 8.38. The Hall–Kier alpha value is -2.63. The zero-order valence-electron chi connectivity index (χ0n) is 16.9. The Morgan fingerprint density at radius 3 is 2.64 bits per heavy atom. The maximum atomic E-state index is 13.2. The van der Waals surface area contributed by atoms with Crippen LogP contribution < -0.4 is 0 Å². The largest absolute Gasteiger partial charge is 0.341 e. The van der Waals surface area contributed by atoms with E-state index < -0.39 is 5.41 Å². The number of imidazole rings is 1. The molecule has 1 aromatic heterocycles. The van der Waals surface area contributed by atoms with Crippen molar-refractivity contribution in [3.05, 3.63) is 41.7 Å². The summed E-state index contributed by atoms with van der Waals surface area (Å²) in [5.41, 5.74) is 1.77. The fourth-order valence-corrected chi connectivity index (χ4v) is 4.57. The lowest BCUT2D eigenvalue weighted by Gasteiger charge is -2.41. The maximum absolute atomic E-state index is 13.2. The molecule has 148 valence electrons. The van der Waals surface area contributed by atoms with E-state index in [1.54, 1.807) is 0 Å². The van der Waals surface area contributed by atoms with Crippen LogP contribution in [0.15, 0.2) is 30.3 Å². The molecule has 0 unspecified atom stereocenters. The van der Waals surface area contributed by atoms with Gasteiger partial charge in [-0.1, -0.05) is 30.3 Å². The van der Waals surface area contributed by atoms with Crippen LogP contribution in [0.25, 0.3) is 11.4 Å². The highest BCUT2D eigenvalue weighted by Gasteiger charge is 2.50. The molecular weight excluding hydrogens is 352 g/mol. The lowest BCUT2D eigenvalue weighted by Crippen LogP contribution is -2.52. The normalized spacial score (nSPS) is 22.5. The van der Waals surface area contributed by atoms with Gasteiger partial charge >= 0.3 is 0 Å². The number of aryl methyl sites for hydroxylation is 1. The van der Waals surface area contributed by atoms with Crippen LogP contribution in [0.5, 0.6) is 0 Å². The quantitative estimate of drug-likeness (QED) is 0.889. The summed E-state index contributed by atoms with van der Waals surface area (Å²) in [4.78, 5) is 37.9. The van der Waals surface area contributed by atoms with E-state index >= 15 is 0 Å². The molecule has 1 spiro atoms. The van der Waals surface area contributed by atoms with Crippen LogP contribution in [0.2, 0.25) is 0 Å². The number of carbonyl (C=O) groups is 2. The van der Waals surface area contributed by atoms with Crippen molar-refractivity contribution in [2.45, 2.75) is 46.1 Å². The van der Waals surface area contributed by atoms with E-state index in [1.165, 1.54) is 0 Å². The number of benzene rings is 1. The van der Waals surface area contributed by atoms with Crippen LogP contribution in [0.1, 0.15) is 49.3 Å². The Balaban J connectivity index is 1.54. The van der Waals surface area contributed by atoms with E-state index in [2.05, 4.69) is 23.8 Å². The van der Waals surface area contributed by atoms with Crippen molar-refractivity contribution in [1.29, 1.82) is 0 Å². The van der Waals surface area contributed by atoms with Gasteiger partial charge in [0, 0.05) is 36.9 Å². The standard InChI is InChI=1S/C22H28N4O2/c1-15(2)26-12-7-10-22(21(26)28)11-13-25(14-22)20(27)18-16(3)23-19(24-18)17-8-5-4-6-9-17/h4-6,8-9,15H,7,10-14H2,1-3H3,(H,23,24)/t22-/m0/s1. The number of likely N-dealkylation sites (tertiary alicyclic amines) is 2. The Bertz CT molecular complexity index is 889. The number of nitrogens with one attached hydrogen (secondary N) is 1. The van der Waals surface area contributed by atoms with Crippen molar-refractivity contribution < 1.29 is 9.59 Å². The van der Waals surface area contributed by atoms with Crippen LogP contribution in [-0.4, -0.2) is 57.3 Å². The number of aromatic nitrogens is 2. The molecule has 6 nitrogen and oxygen atoms in total. The highest BCUT2D eigenvalue weighted by molar-refractivity contribution is 5.95. The Morgan fingerprint density at radius 1 is 1.18 bits per heavy atom. The van der Waals surface area contributed by atoms with Gasteiger partial charge in [0.2, 0.25) is 5.91 Å². The van der Waals surface area contributed by atoms with Gasteiger partial charge in [-0.3, -0.25) is 9.59 Å². The molecule has 6 heteroatoms. The van der Waals surface area contributed by atoms with E-state index in [9.17, 15) is 9.59 Å². The number of rotatable bonds is 3. The van der Waals surface area contributed by atoms with E-state index in [1.807, 2.05) is 47.1 Å². The summed E-state index contributed by atoms with van der Waals surface area (Å²) in [6.45, 7) is 7.94. The van der Waals surface area contributed by atoms with Crippen LogP contribution in [0.3, 0.4) is 0 Å². The maximum Gasteiger partial charge on any atom is 0.274 e. The number of hydrogen-bond donors (Lipinski definition) is 1. The minimum Gasteiger partial charge on any atom is -0.341 e. The summed E-state index contributed by atoms with van der Waals surface area (Å²) in [5, 5.41) is 0. The van der Waals surface area contributed by atoms with Gasteiger partial charge in [0.05, 0.1) is 5.41 Å². The fraction of sp³-hybridized carbons (Fsp3) is 0.500. The van der Waals surface area contributed by atoms with Crippen molar-refractivity contribution in [3.63, 3.8) is 0 Å². The molecule has 2 amide bonds. The van der Waals surface area contributed by atoms with E-state index in [-0.39, 0.29) is 17.9 Å². The van der Waals surface area contributed by atoms with Crippen LogP contribution in [0.4, 0.5) is 0 Å². The Labute approximate surface area is 165 Å². The zero-order chi connectivity index (χ0) is 19.9. The van der Waals surface area contributed by atoms with Gasteiger partial charge in [-0.2, -0.15) is 0 Å². The SMILES string of the molecule is Cc1[nH]c(-c2ccccc2)nc1C(=O)N1CC[C@@]2(CCCN(C(C)C)C2=O)C1. The zero-order valence-corrected chi connectivity index (χ0v) is 16.9. The molecule has 0 bridgehead atoms. The van der Waals surface area contributed by atoms with Gasteiger partial charge in [0.1, 0.15) is 11.5 Å². The molecule has 2 aromatic rings. The van der Waals surface area contributed by atoms with E-state index in [4.69, 9.17) is 0 Å². The molecule has 1 aromatic carbocycles. The fourth-order valence-electron chi connectivity index (χ4n) is 4.57. The molecule has 2 fully saturated rings. The summed E-state index contributed by atoms with van der Waals surface area (Å²) in [6.07, 6.45) is 2.62. The molecule has 0 saturated carbocycles. The van der Waals surface area contributed by atoms with Gasteiger partial charge in [0.15, 0.2) is 0 Å². The first-order chi connectivity index (χ1) is 13.4. The van der Waals surface area contributed by atoms with E-state index in [0.717, 1.165) is 37.1 Å². The van der Waals surface area contributed by atoms with Gasteiger partial charge in [-0.25, -0.2) is 4.98 Å². The Kier molecular flexibility index (Phi) is 4.73. The van der Waals surface area contributed by atoms with Crippen LogP contribution in [-0.2, 0) is 4.79 Å². The van der Waals surface area contributed by atoms with Crippen molar-refractivity contribution in [1.82, 2.24) is 19.8 Å². The number of nitrogens with zero attached hydrogens (tertiary/aromatic N) is 3. The van der Waals surface area contributed by atoms with Gasteiger partial charge in [-0.05, 0) is 40.0 Å². The monoisotopic (exact) mass is 380 g/mol. The lowest BCUT2D eigenvalue weighted by molar-refractivity contribution is -0.147. The molecule has 2 aliphatic rings. The predicted octanol–water partition coefficient (Wildman–Crippen LogP) is 3.25. The van der Waals surface area contributed by atoms with Crippen molar-refractivity contribution in [2.24, 2.45) is 5.41 Å². The number of H-pyrrole nitrogens is 1. The lowest BCUT2D eigenvalue weighted by atomic mass is 9.78. The first kappa shape index (κ1) is 18.7. The third-order valence-electron chi connectivity index (χ3n) is 6.17. The number of carbonyl (C=O) groups excluding carboxylic acids is 2. The molecule has 0 aliphatic carbocycles. The molecule has 2 saturated heterocycles. The third kappa shape index (κ3) is 3.11. The summed E-state index contributed by atoms with van der Waals surface area (Å²) in [7, 11) is 0. The number of aromatic amines is 1. The smallest absolute Gasteiger partial charge is 0.274 e. The topological polar surface area (TPSA) is 69.3 Å². The molecule has 28 heavy (non-hydrogen) atoms. The number of amides is 2. The van der Waals surface area contributed by atoms with Crippen molar-refractivity contribution in [3.8, 4) is 11.4 Å².